The standard InChI is InChI=1S/C14H23N5O/c1-11(2)20-17-12-4-5-13(8-15)19(9-12)10-14-16-6-7-18(14)3/h6-7,11-13,17H,4-5,9-10H2,1-3H3/t12-,13+/m1/s1. The number of nitrogens with one attached hydrogen (secondary N) is 1. The molecule has 0 aliphatic carbocycles. The van der Waals surface area contributed by atoms with Crippen molar-refractivity contribution in [2.24, 2.45) is 7.05 Å². The molecule has 0 amide bonds. The molecule has 1 aliphatic heterocycles. The summed E-state index contributed by atoms with van der Waals surface area (Å²) in [6.45, 7) is 5.50. The van der Waals surface area contributed by atoms with Crippen LogP contribution in [0.3, 0.4) is 0 Å². The lowest BCUT2D eigenvalue weighted by atomic mass is 9.99. The van der Waals surface area contributed by atoms with E-state index in [0.29, 0.717) is 6.54 Å². The third-order valence-corrected chi connectivity index (χ3v) is 3.57. The van der Waals surface area contributed by atoms with Crippen molar-refractivity contribution in [2.75, 3.05) is 6.54 Å². The number of nitrogens with zero attached hydrogens (tertiary/aromatic N) is 4. The Kier molecular flexibility index (Phi) is 5.12. The van der Waals surface area contributed by atoms with Crippen LogP contribution in [0.15, 0.2) is 12.4 Å². The van der Waals surface area contributed by atoms with Crippen LogP contribution in [0, 0.1) is 11.3 Å². The molecule has 1 aromatic rings. The maximum atomic E-state index is 9.29. The number of hydroxylamine groups is 1. The van der Waals surface area contributed by atoms with Crippen molar-refractivity contribution in [1.29, 1.82) is 5.26 Å². The molecule has 6 heteroatoms. The van der Waals surface area contributed by atoms with Crippen LogP contribution in [-0.4, -0.2) is 39.2 Å². The minimum atomic E-state index is -0.0381. The quantitative estimate of drug-likeness (QED) is 0.819. The van der Waals surface area contributed by atoms with Gasteiger partial charge in [0.2, 0.25) is 0 Å². The lowest BCUT2D eigenvalue weighted by Gasteiger charge is -2.36. The zero-order valence-electron chi connectivity index (χ0n) is 12.4. The fourth-order valence-electron chi connectivity index (χ4n) is 2.42. The Balaban J connectivity index is 1.96. The number of hydrogen-bond acceptors (Lipinski definition) is 5. The molecule has 0 saturated carbocycles. The van der Waals surface area contributed by atoms with Crippen molar-refractivity contribution in [1.82, 2.24) is 19.9 Å². The van der Waals surface area contributed by atoms with E-state index in [4.69, 9.17) is 4.84 Å². The summed E-state index contributed by atoms with van der Waals surface area (Å²) in [6, 6.07) is 2.62. The van der Waals surface area contributed by atoms with Crippen molar-refractivity contribution >= 4 is 0 Å². The van der Waals surface area contributed by atoms with Crippen LogP contribution in [0.5, 0.6) is 0 Å². The Morgan fingerprint density at radius 3 is 2.95 bits per heavy atom. The second-order valence-electron chi connectivity index (χ2n) is 5.59. The number of piperidine rings is 1. The molecule has 2 rings (SSSR count). The van der Waals surface area contributed by atoms with E-state index in [-0.39, 0.29) is 18.2 Å². The molecule has 0 radical (unpaired) electrons. The van der Waals surface area contributed by atoms with E-state index in [9.17, 15) is 5.26 Å². The Morgan fingerprint density at radius 1 is 1.55 bits per heavy atom. The van der Waals surface area contributed by atoms with Gasteiger partial charge in [-0.15, -0.1) is 0 Å². The van der Waals surface area contributed by atoms with Gasteiger partial charge >= 0.3 is 0 Å². The van der Waals surface area contributed by atoms with Crippen molar-refractivity contribution in [3.05, 3.63) is 18.2 Å². The maximum Gasteiger partial charge on any atom is 0.122 e. The molecule has 6 nitrogen and oxygen atoms in total. The second-order valence-corrected chi connectivity index (χ2v) is 5.59. The molecular weight excluding hydrogens is 254 g/mol. The SMILES string of the molecule is CC(C)ON[C@@H]1CC[C@@H](C#N)N(Cc2nccn2C)C1. The van der Waals surface area contributed by atoms with Crippen molar-refractivity contribution in [3.8, 4) is 6.07 Å². The lowest BCUT2D eigenvalue weighted by Crippen LogP contribution is -2.50. The third kappa shape index (κ3) is 3.79. The van der Waals surface area contributed by atoms with Gasteiger partial charge in [-0.05, 0) is 26.7 Å². The summed E-state index contributed by atoms with van der Waals surface area (Å²) >= 11 is 0. The van der Waals surface area contributed by atoms with Crippen LogP contribution in [0.4, 0.5) is 0 Å². The summed E-state index contributed by atoms with van der Waals surface area (Å²) in [5, 5.41) is 9.29. The molecule has 1 aliphatic rings. The number of aromatic nitrogens is 2. The number of rotatable bonds is 5. The molecule has 0 aromatic carbocycles. The highest BCUT2D eigenvalue weighted by Gasteiger charge is 2.29. The normalized spacial score (nSPS) is 23.9. The van der Waals surface area contributed by atoms with Crippen LogP contribution in [-0.2, 0) is 18.4 Å². The molecule has 1 N–H and O–H groups in total. The van der Waals surface area contributed by atoms with Crippen LogP contribution >= 0.6 is 0 Å². The summed E-state index contributed by atoms with van der Waals surface area (Å²) in [6.07, 6.45) is 5.70. The molecule has 110 valence electrons. The van der Waals surface area contributed by atoms with Gasteiger partial charge in [-0.25, -0.2) is 4.98 Å². The number of nitriles is 1. The second kappa shape index (κ2) is 6.84. The first kappa shape index (κ1) is 15.0. The van der Waals surface area contributed by atoms with E-state index in [1.807, 2.05) is 31.7 Å². The fourth-order valence-corrected chi connectivity index (χ4v) is 2.42. The van der Waals surface area contributed by atoms with Gasteiger partial charge in [-0.1, -0.05) is 0 Å². The minimum Gasteiger partial charge on any atom is -0.337 e. The Hall–Kier alpha value is -1.42. The number of hydrogen-bond donors (Lipinski definition) is 1. The van der Waals surface area contributed by atoms with E-state index < -0.39 is 0 Å². The number of imidazole rings is 1. The van der Waals surface area contributed by atoms with E-state index in [1.54, 1.807) is 6.20 Å². The van der Waals surface area contributed by atoms with Gasteiger partial charge in [0.1, 0.15) is 5.82 Å². The summed E-state index contributed by atoms with van der Waals surface area (Å²) in [5.41, 5.74) is 3.11. The highest BCUT2D eigenvalue weighted by molar-refractivity contribution is 5.00. The zero-order chi connectivity index (χ0) is 14.5. The van der Waals surface area contributed by atoms with Gasteiger partial charge in [0, 0.05) is 32.0 Å². The minimum absolute atomic E-state index is 0.0381. The molecular formula is C14H23N5O. The van der Waals surface area contributed by atoms with Crippen molar-refractivity contribution < 1.29 is 4.84 Å². The molecule has 1 fully saturated rings. The zero-order valence-corrected chi connectivity index (χ0v) is 12.4. The first-order valence-corrected chi connectivity index (χ1v) is 7.11. The van der Waals surface area contributed by atoms with Gasteiger partial charge in [0.15, 0.2) is 0 Å². The average Bonchev–Trinajstić information content (AvgIpc) is 2.82. The van der Waals surface area contributed by atoms with Gasteiger partial charge in [-0.3, -0.25) is 9.74 Å². The number of likely N-dealkylation sites (tertiary alicyclic amines) is 1. The summed E-state index contributed by atoms with van der Waals surface area (Å²) < 4.78 is 2.00. The molecule has 0 spiro atoms. The van der Waals surface area contributed by atoms with E-state index >= 15 is 0 Å². The van der Waals surface area contributed by atoms with Gasteiger partial charge < -0.3 is 4.57 Å². The third-order valence-electron chi connectivity index (χ3n) is 3.57. The van der Waals surface area contributed by atoms with Gasteiger partial charge in [-0.2, -0.15) is 10.7 Å². The lowest BCUT2D eigenvalue weighted by molar-refractivity contribution is -0.0445. The molecule has 2 atom stereocenters. The first-order chi connectivity index (χ1) is 9.60. The first-order valence-electron chi connectivity index (χ1n) is 7.11. The summed E-state index contributed by atoms with van der Waals surface area (Å²) in [5.74, 6) is 0.982. The van der Waals surface area contributed by atoms with E-state index in [1.165, 1.54) is 0 Å². The smallest absolute Gasteiger partial charge is 0.122 e. The monoisotopic (exact) mass is 277 g/mol. The molecule has 20 heavy (non-hydrogen) atoms. The fraction of sp³-hybridized carbons (Fsp3) is 0.714. The Bertz CT molecular complexity index is 464. The van der Waals surface area contributed by atoms with Gasteiger partial charge in [0.25, 0.3) is 0 Å². The number of aryl methyl sites for hydroxylation is 1. The van der Waals surface area contributed by atoms with Crippen LogP contribution < -0.4 is 5.48 Å². The molecule has 0 bridgehead atoms. The van der Waals surface area contributed by atoms with Crippen LogP contribution in [0.25, 0.3) is 0 Å². The van der Waals surface area contributed by atoms with E-state index in [2.05, 4.69) is 21.4 Å². The molecule has 0 unspecified atom stereocenters. The molecule has 2 heterocycles. The van der Waals surface area contributed by atoms with Gasteiger partial charge in [0.05, 0.1) is 24.8 Å². The highest BCUT2D eigenvalue weighted by atomic mass is 16.7. The molecule has 1 aromatic heterocycles. The Morgan fingerprint density at radius 2 is 2.35 bits per heavy atom. The summed E-state index contributed by atoms with van der Waals surface area (Å²) in [4.78, 5) is 12.0. The van der Waals surface area contributed by atoms with Crippen molar-refractivity contribution in [2.45, 2.75) is 51.4 Å². The van der Waals surface area contributed by atoms with E-state index in [0.717, 1.165) is 25.2 Å². The Labute approximate surface area is 120 Å². The average molecular weight is 277 g/mol. The van der Waals surface area contributed by atoms with Crippen LogP contribution in [0.1, 0.15) is 32.5 Å². The predicted molar refractivity (Wildman–Crippen MR) is 75.4 cm³/mol. The topological polar surface area (TPSA) is 66.1 Å². The maximum absolute atomic E-state index is 9.29. The van der Waals surface area contributed by atoms with Crippen molar-refractivity contribution in [3.63, 3.8) is 0 Å². The highest BCUT2D eigenvalue weighted by Crippen LogP contribution is 2.19. The van der Waals surface area contributed by atoms with Crippen LogP contribution in [0.2, 0.25) is 0 Å². The molecule has 1 saturated heterocycles. The summed E-state index contributed by atoms with van der Waals surface area (Å²) in [7, 11) is 1.98. The largest absolute Gasteiger partial charge is 0.337 e. The predicted octanol–water partition coefficient (Wildman–Crippen LogP) is 1.21.